The van der Waals surface area contributed by atoms with Crippen LogP contribution in [0.3, 0.4) is 0 Å². The van der Waals surface area contributed by atoms with Crippen LogP contribution in [0.25, 0.3) is 11.2 Å². The number of halogens is 3. The third-order valence-corrected chi connectivity index (χ3v) is 10.4. The number of likely N-dealkylation sites (tertiary alicyclic amines) is 2. The lowest BCUT2D eigenvalue weighted by atomic mass is 9.62. The largest absolute Gasteiger partial charge is 0.418 e. The smallest absolute Gasteiger partial charge is 0.379 e. The van der Waals surface area contributed by atoms with Crippen molar-refractivity contribution in [3.8, 4) is 5.69 Å². The second-order valence-electron chi connectivity index (χ2n) is 13.1. The Kier molecular flexibility index (Phi) is 7.85. The van der Waals surface area contributed by atoms with Gasteiger partial charge in [-0.1, -0.05) is 25.5 Å². The first-order valence-electron chi connectivity index (χ1n) is 15.9. The summed E-state index contributed by atoms with van der Waals surface area (Å²) in [6, 6.07) is 8.33. The van der Waals surface area contributed by atoms with Crippen LogP contribution in [-0.2, 0) is 24.5 Å². The van der Waals surface area contributed by atoms with E-state index >= 15 is 0 Å². The molecule has 5 heterocycles. The third kappa shape index (κ3) is 5.50. The monoisotopic (exact) mass is 623 g/mol. The highest BCUT2D eigenvalue weighted by Gasteiger charge is 2.42. The predicted octanol–water partition coefficient (Wildman–Crippen LogP) is 4.92. The number of alkyl halides is 3. The average molecular weight is 624 g/mol. The normalized spacial score (nSPS) is 23.8. The summed E-state index contributed by atoms with van der Waals surface area (Å²) in [5, 5.41) is 8.42. The molecular weight excluding hydrogens is 583 g/mol. The maximum Gasteiger partial charge on any atom is 0.418 e. The molecule has 0 amide bonds. The third-order valence-electron chi connectivity index (χ3n) is 10.4. The molecule has 1 aromatic carbocycles. The first-order valence-corrected chi connectivity index (χ1v) is 15.9. The SMILES string of the molecule is CCC1CC2CN(Cc3cc(C(F)(F)F)c4cn(-c5cccc([C@@H](c6nncn6C)N6CC(OC)C6)c5)c(=O)n4c3)CCCC12. The van der Waals surface area contributed by atoms with E-state index in [1.165, 1.54) is 40.5 Å². The van der Waals surface area contributed by atoms with Gasteiger partial charge in [0.1, 0.15) is 6.33 Å². The van der Waals surface area contributed by atoms with E-state index in [0.717, 1.165) is 42.7 Å². The molecule has 2 aliphatic heterocycles. The lowest BCUT2D eigenvalue weighted by molar-refractivity contribution is -0.136. The van der Waals surface area contributed by atoms with E-state index < -0.39 is 17.4 Å². The fourth-order valence-corrected chi connectivity index (χ4v) is 7.93. The molecule has 0 spiro atoms. The van der Waals surface area contributed by atoms with E-state index in [-0.39, 0.29) is 17.7 Å². The van der Waals surface area contributed by atoms with Gasteiger partial charge >= 0.3 is 11.9 Å². The molecule has 7 rings (SSSR count). The topological polar surface area (TPSA) is 72.8 Å². The standard InChI is InChI=1S/C33H40F3N7O2/c1-4-22-12-24-16-40(10-6-9-27(22)24)14-21-11-28(33(34,35)36)29-19-42(32(44)43(29)15-21)25-8-5-7-23(13-25)30(31-38-37-20-39(31)2)41-17-26(18-41)45-3/h5,7-8,11,13,15,19-20,22,24,26-27,30H,4,6,9-10,12,14,16-18H2,1-3H3/t22?,24?,27?,30-/m0/s1. The number of ether oxygens (including phenoxy) is 1. The molecule has 9 nitrogen and oxygen atoms in total. The Morgan fingerprint density at radius 2 is 1.96 bits per heavy atom. The number of hydrogen-bond donors (Lipinski definition) is 0. The van der Waals surface area contributed by atoms with Gasteiger partial charge in [0.15, 0.2) is 5.82 Å². The van der Waals surface area contributed by atoms with E-state index in [4.69, 9.17) is 4.74 Å². The summed E-state index contributed by atoms with van der Waals surface area (Å²) in [6.07, 6.45) is 4.68. The molecule has 3 unspecified atom stereocenters. The fourth-order valence-electron chi connectivity index (χ4n) is 7.93. The van der Waals surface area contributed by atoms with Gasteiger partial charge in [0.2, 0.25) is 0 Å². The minimum atomic E-state index is -4.61. The minimum Gasteiger partial charge on any atom is -0.379 e. The van der Waals surface area contributed by atoms with Crippen molar-refractivity contribution < 1.29 is 17.9 Å². The lowest BCUT2D eigenvalue weighted by Gasteiger charge is -2.45. The number of imidazole rings is 1. The summed E-state index contributed by atoms with van der Waals surface area (Å²) in [5.41, 5.74) is 0.365. The number of nitrogens with zero attached hydrogens (tertiary/aromatic N) is 7. The van der Waals surface area contributed by atoms with E-state index in [1.54, 1.807) is 25.7 Å². The maximum absolute atomic E-state index is 14.5. The highest BCUT2D eigenvalue weighted by molar-refractivity contribution is 5.58. The van der Waals surface area contributed by atoms with E-state index in [9.17, 15) is 18.0 Å². The Morgan fingerprint density at radius 3 is 2.67 bits per heavy atom. The van der Waals surface area contributed by atoms with Gasteiger partial charge in [0.25, 0.3) is 0 Å². The number of hydrogen-bond acceptors (Lipinski definition) is 6. The van der Waals surface area contributed by atoms with Crippen LogP contribution >= 0.6 is 0 Å². The highest BCUT2D eigenvalue weighted by Crippen LogP contribution is 2.47. The van der Waals surface area contributed by atoms with Crippen LogP contribution in [0.4, 0.5) is 13.2 Å². The number of benzene rings is 1. The van der Waals surface area contributed by atoms with Crippen LogP contribution < -0.4 is 5.69 Å². The zero-order valence-electron chi connectivity index (χ0n) is 26.0. The molecule has 1 saturated carbocycles. The second kappa shape index (κ2) is 11.7. The van der Waals surface area contributed by atoms with E-state index in [2.05, 4.69) is 26.9 Å². The van der Waals surface area contributed by atoms with Gasteiger partial charge in [-0.15, -0.1) is 10.2 Å². The first kappa shape index (κ1) is 30.2. The Bertz CT molecular complexity index is 1740. The van der Waals surface area contributed by atoms with E-state index in [0.29, 0.717) is 36.8 Å². The number of aromatic nitrogens is 5. The number of fused-ring (bicyclic) bond motifs is 2. The van der Waals surface area contributed by atoms with Gasteiger partial charge < -0.3 is 9.30 Å². The Balaban J connectivity index is 1.23. The number of rotatable bonds is 8. The van der Waals surface area contributed by atoms with Crippen molar-refractivity contribution in [2.45, 2.75) is 57.5 Å². The molecule has 3 fully saturated rings. The molecule has 4 aromatic rings. The summed E-state index contributed by atoms with van der Waals surface area (Å²) in [5.74, 6) is 2.86. The van der Waals surface area contributed by atoms with Crippen molar-refractivity contribution in [1.29, 1.82) is 0 Å². The Labute approximate surface area is 260 Å². The number of pyridine rings is 1. The van der Waals surface area contributed by atoms with Crippen LogP contribution in [0.15, 0.2) is 53.8 Å². The van der Waals surface area contributed by atoms with Crippen LogP contribution in [0.1, 0.15) is 61.2 Å². The van der Waals surface area contributed by atoms with Crippen molar-refractivity contribution in [1.82, 2.24) is 33.5 Å². The average Bonchev–Trinajstić information content (AvgIpc) is 3.51. The molecular formula is C33H40F3N7O2. The Morgan fingerprint density at radius 1 is 1.13 bits per heavy atom. The predicted molar refractivity (Wildman–Crippen MR) is 163 cm³/mol. The fraction of sp³-hybridized carbons (Fsp3) is 0.545. The Hall–Kier alpha value is -3.48. The second-order valence-corrected chi connectivity index (χ2v) is 13.1. The maximum atomic E-state index is 14.5. The van der Waals surface area contributed by atoms with Gasteiger partial charge in [-0.25, -0.2) is 4.79 Å². The van der Waals surface area contributed by atoms with Crippen molar-refractivity contribution in [2.75, 3.05) is 33.3 Å². The summed E-state index contributed by atoms with van der Waals surface area (Å²) >= 11 is 0. The molecule has 3 aliphatic rings. The zero-order chi connectivity index (χ0) is 31.5. The van der Waals surface area contributed by atoms with Crippen LogP contribution in [0.2, 0.25) is 0 Å². The van der Waals surface area contributed by atoms with Gasteiger partial charge in [0, 0.05) is 52.7 Å². The van der Waals surface area contributed by atoms with Gasteiger partial charge in [-0.3, -0.25) is 18.8 Å². The first-order chi connectivity index (χ1) is 21.6. The van der Waals surface area contributed by atoms with Gasteiger partial charge in [-0.2, -0.15) is 13.2 Å². The summed E-state index contributed by atoms with van der Waals surface area (Å²) in [6.45, 7) is 5.80. The minimum absolute atomic E-state index is 0.107. The molecule has 45 heavy (non-hydrogen) atoms. The lowest BCUT2D eigenvalue weighted by Crippen LogP contribution is -2.53. The molecule has 1 aliphatic carbocycles. The summed E-state index contributed by atoms with van der Waals surface area (Å²) in [7, 11) is 3.56. The number of methoxy groups -OCH3 is 1. The molecule has 3 aromatic heterocycles. The van der Waals surface area contributed by atoms with Crippen LogP contribution in [0, 0.1) is 17.8 Å². The quantitative estimate of drug-likeness (QED) is 0.278. The summed E-state index contributed by atoms with van der Waals surface area (Å²) < 4.78 is 53.3. The van der Waals surface area contributed by atoms with Crippen molar-refractivity contribution in [3.63, 3.8) is 0 Å². The highest BCUT2D eigenvalue weighted by atomic mass is 19.4. The van der Waals surface area contributed by atoms with Gasteiger partial charge in [0.05, 0.1) is 28.9 Å². The van der Waals surface area contributed by atoms with Crippen LogP contribution in [0.5, 0.6) is 0 Å². The molecule has 12 heteroatoms. The number of aryl methyl sites for hydroxylation is 1. The van der Waals surface area contributed by atoms with Crippen molar-refractivity contribution in [3.05, 3.63) is 82.1 Å². The molecule has 0 bridgehead atoms. The van der Waals surface area contributed by atoms with Crippen molar-refractivity contribution >= 4 is 5.52 Å². The molecule has 2 saturated heterocycles. The molecule has 4 atom stereocenters. The molecule has 0 N–H and O–H groups in total. The van der Waals surface area contributed by atoms with E-state index in [1.807, 2.05) is 29.8 Å². The van der Waals surface area contributed by atoms with Gasteiger partial charge in [-0.05, 0) is 72.9 Å². The van der Waals surface area contributed by atoms with Crippen molar-refractivity contribution in [2.24, 2.45) is 24.8 Å². The van der Waals surface area contributed by atoms with Crippen LogP contribution in [-0.4, -0.2) is 72.9 Å². The zero-order valence-corrected chi connectivity index (χ0v) is 26.0. The summed E-state index contributed by atoms with van der Waals surface area (Å²) in [4.78, 5) is 18.3. The molecule has 0 radical (unpaired) electrons. The molecule has 240 valence electrons.